The van der Waals surface area contributed by atoms with Crippen molar-refractivity contribution >= 4 is 18.6 Å². The van der Waals surface area contributed by atoms with Crippen molar-refractivity contribution in [3.63, 3.8) is 0 Å². The molecule has 5 nitrogen and oxygen atoms in total. The van der Waals surface area contributed by atoms with E-state index < -0.39 is 10.8 Å². The molecule has 1 aromatic rings. The fraction of sp³-hybridized carbons (Fsp3) is 0.333. The van der Waals surface area contributed by atoms with Gasteiger partial charge in [0.1, 0.15) is 0 Å². The van der Waals surface area contributed by atoms with Gasteiger partial charge in [0, 0.05) is 12.6 Å². The third-order valence-electron chi connectivity index (χ3n) is 1.38. The number of imidazole rings is 1. The van der Waals surface area contributed by atoms with Crippen molar-refractivity contribution in [1.29, 1.82) is 0 Å². The third kappa shape index (κ3) is 1.99. The number of nitrogens with one attached hydrogen (secondary N) is 1. The zero-order chi connectivity index (χ0) is 9.19. The topological polar surface area (TPSA) is 92.0 Å². The molecule has 0 aliphatic heterocycles. The Bertz CT molecular complexity index is 270. The van der Waals surface area contributed by atoms with E-state index in [-0.39, 0.29) is 6.42 Å². The molecule has 0 spiro atoms. The highest BCUT2D eigenvalue weighted by Crippen LogP contribution is 2.12. The Morgan fingerprint density at radius 3 is 3.00 bits per heavy atom. The first-order valence-electron chi connectivity index (χ1n) is 3.24. The van der Waals surface area contributed by atoms with Gasteiger partial charge in [0.25, 0.3) is 0 Å². The highest BCUT2D eigenvalue weighted by atomic mass is 32.1. The number of carboxylic acid groups (broad SMARTS) is 1. The molecule has 0 amide bonds. The van der Waals surface area contributed by atoms with Gasteiger partial charge in [-0.3, -0.25) is 0 Å². The van der Waals surface area contributed by atoms with E-state index in [0.29, 0.717) is 5.69 Å². The molecule has 1 rings (SSSR count). The average molecular weight is 187 g/mol. The first-order valence-corrected chi connectivity index (χ1v) is 3.69. The standard InChI is InChI=1S/C6H9N3O2S/c7-6(12,5(10)11)1-4-2-8-3-9-4/h2-3,12H,1,7H2,(H,8,9)(H,10,11)/t6-/m1/s1. The summed E-state index contributed by atoms with van der Waals surface area (Å²) < 4.78 is 0. The summed E-state index contributed by atoms with van der Waals surface area (Å²) in [6, 6.07) is 0. The summed E-state index contributed by atoms with van der Waals surface area (Å²) in [7, 11) is 0. The number of nitrogens with two attached hydrogens (primary N) is 1. The van der Waals surface area contributed by atoms with E-state index in [9.17, 15) is 4.79 Å². The number of hydrogen-bond donors (Lipinski definition) is 4. The molecule has 0 saturated heterocycles. The van der Waals surface area contributed by atoms with Crippen LogP contribution in [-0.4, -0.2) is 25.9 Å². The number of carboxylic acids is 1. The molecule has 1 atom stereocenters. The smallest absolute Gasteiger partial charge is 0.334 e. The van der Waals surface area contributed by atoms with Crippen LogP contribution >= 0.6 is 12.6 Å². The van der Waals surface area contributed by atoms with Crippen LogP contribution < -0.4 is 5.73 Å². The molecule has 0 aliphatic carbocycles. The molecule has 6 heteroatoms. The van der Waals surface area contributed by atoms with Gasteiger partial charge in [0.2, 0.25) is 0 Å². The largest absolute Gasteiger partial charge is 0.479 e. The number of hydrogen-bond acceptors (Lipinski definition) is 4. The van der Waals surface area contributed by atoms with Gasteiger partial charge in [-0.15, -0.1) is 12.6 Å². The van der Waals surface area contributed by atoms with Crippen molar-refractivity contribution in [3.8, 4) is 0 Å². The molecule has 1 heterocycles. The van der Waals surface area contributed by atoms with E-state index in [4.69, 9.17) is 10.8 Å². The quantitative estimate of drug-likeness (QED) is 0.383. The maximum Gasteiger partial charge on any atom is 0.334 e. The van der Waals surface area contributed by atoms with E-state index in [1.54, 1.807) is 6.20 Å². The summed E-state index contributed by atoms with van der Waals surface area (Å²) >= 11 is 3.79. The van der Waals surface area contributed by atoms with Crippen LogP contribution in [0.5, 0.6) is 0 Å². The average Bonchev–Trinajstić information content (AvgIpc) is 2.38. The predicted molar refractivity (Wildman–Crippen MR) is 45.8 cm³/mol. The molecule has 0 fully saturated rings. The fourth-order valence-electron chi connectivity index (χ4n) is 0.739. The lowest BCUT2D eigenvalue weighted by molar-refractivity contribution is -0.139. The summed E-state index contributed by atoms with van der Waals surface area (Å²) in [5.74, 6) is -1.16. The van der Waals surface area contributed by atoms with Crippen molar-refractivity contribution in [1.82, 2.24) is 9.97 Å². The SMILES string of the molecule is N[C@@](S)(Cc1c[nH]cn1)C(=O)O. The van der Waals surface area contributed by atoms with Crippen molar-refractivity contribution < 1.29 is 9.90 Å². The Morgan fingerprint density at radius 1 is 1.92 bits per heavy atom. The van der Waals surface area contributed by atoms with Crippen LogP contribution in [0.25, 0.3) is 0 Å². The van der Waals surface area contributed by atoms with Crippen LogP contribution in [0.3, 0.4) is 0 Å². The van der Waals surface area contributed by atoms with Gasteiger partial charge in [-0.1, -0.05) is 0 Å². The normalized spacial score (nSPS) is 15.5. The molecule has 66 valence electrons. The maximum atomic E-state index is 10.5. The van der Waals surface area contributed by atoms with E-state index in [2.05, 4.69) is 22.6 Å². The van der Waals surface area contributed by atoms with Gasteiger partial charge >= 0.3 is 5.97 Å². The molecule has 1 aromatic heterocycles. The third-order valence-corrected chi connectivity index (χ3v) is 1.73. The lowest BCUT2D eigenvalue weighted by Crippen LogP contribution is -2.44. The van der Waals surface area contributed by atoms with Crippen molar-refractivity contribution in [2.75, 3.05) is 0 Å². The summed E-state index contributed by atoms with van der Waals surface area (Å²) in [6.07, 6.45) is 3.14. The van der Waals surface area contributed by atoms with Crippen LogP contribution in [0.1, 0.15) is 5.69 Å². The van der Waals surface area contributed by atoms with Gasteiger partial charge in [0.05, 0.1) is 12.0 Å². The number of thiol groups is 1. The van der Waals surface area contributed by atoms with Gasteiger partial charge < -0.3 is 15.8 Å². The zero-order valence-electron chi connectivity index (χ0n) is 6.19. The second-order valence-electron chi connectivity index (χ2n) is 2.47. The molecular formula is C6H9N3O2S. The number of H-pyrrole nitrogens is 1. The molecule has 0 radical (unpaired) electrons. The van der Waals surface area contributed by atoms with Gasteiger partial charge in [-0.2, -0.15) is 0 Å². The van der Waals surface area contributed by atoms with Gasteiger partial charge in [-0.25, -0.2) is 9.78 Å². The van der Waals surface area contributed by atoms with Gasteiger partial charge in [0.15, 0.2) is 4.87 Å². The summed E-state index contributed by atoms with van der Waals surface area (Å²) in [5, 5.41) is 8.60. The zero-order valence-corrected chi connectivity index (χ0v) is 7.08. The van der Waals surface area contributed by atoms with Crippen LogP contribution in [0.4, 0.5) is 0 Å². The Balaban J connectivity index is 2.69. The first-order chi connectivity index (χ1) is 5.52. The summed E-state index contributed by atoms with van der Waals surface area (Å²) in [5.41, 5.74) is 5.94. The van der Waals surface area contributed by atoms with E-state index >= 15 is 0 Å². The Labute approximate surface area is 74.4 Å². The minimum absolute atomic E-state index is 0.0922. The highest BCUT2D eigenvalue weighted by molar-refractivity contribution is 7.82. The highest BCUT2D eigenvalue weighted by Gasteiger charge is 2.30. The monoisotopic (exact) mass is 187 g/mol. The van der Waals surface area contributed by atoms with Crippen LogP contribution in [0, 0.1) is 0 Å². The number of aromatic nitrogens is 2. The molecule has 0 aliphatic rings. The lowest BCUT2D eigenvalue weighted by Gasteiger charge is -2.15. The lowest BCUT2D eigenvalue weighted by atomic mass is 10.2. The fourth-order valence-corrected chi connectivity index (χ4v) is 0.901. The van der Waals surface area contributed by atoms with Gasteiger partial charge in [-0.05, 0) is 0 Å². The molecule has 12 heavy (non-hydrogen) atoms. The Hall–Kier alpha value is -1.01. The molecule has 0 aromatic carbocycles. The molecule has 4 N–H and O–H groups in total. The van der Waals surface area contributed by atoms with E-state index in [1.807, 2.05) is 0 Å². The van der Waals surface area contributed by atoms with Crippen molar-refractivity contribution in [2.45, 2.75) is 11.3 Å². The number of rotatable bonds is 3. The first kappa shape index (κ1) is 9.08. The second-order valence-corrected chi connectivity index (χ2v) is 3.26. The Kier molecular flexibility index (Phi) is 2.39. The summed E-state index contributed by atoms with van der Waals surface area (Å²) in [6.45, 7) is 0. The van der Waals surface area contributed by atoms with Crippen molar-refractivity contribution in [3.05, 3.63) is 18.2 Å². The number of nitrogens with zero attached hydrogens (tertiary/aromatic N) is 1. The second kappa shape index (κ2) is 3.16. The van der Waals surface area contributed by atoms with E-state index in [1.165, 1.54) is 6.33 Å². The molecule has 0 unspecified atom stereocenters. The minimum atomic E-state index is -1.55. The number of carbonyl (C=O) groups is 1. The Morgan fingerprint density at radius 2 is 2.58 bits per heavy atom. The number of aromatic amines is 1. The summed E-state index contributed by atoms with van der Waals surface area (Å²) in [4.78, 5) is 15.5. The minimum Gasteiger partial charge on any atom is -0.479 e. The predicted octanol–water partition coefficient (Wildman–Crippen LogP) is -0.378. The van der Waals surface area contributed by atoms with E-state index in [0.717, 1.165) is 0 Å². The molecular weight excluding hydrogens is 178 g/mol. The van der Waals surface area contributed by atoms with Crippen LogP contribution in [0.15, 0.2) is 12.5 Å². The molecule has 0 bridgehead atoms. The van der Waals surface area contributed by atoms with Crippen LogP contribution in [0.2, 0.25) is 0 Å². The maximum absolute atomic E-state index is 10.5. The van der Waals surface area contributed by atoms with Crippen molar-refractivity contribution in [2.24, 2.45) is 5.73 Å². The molecule has 0 saturated carbocycles. The number of aliphatic carboxylic acids is 1. The van der Waals surface area contributed by atoms with Crippen LogP contribution in [-0.2, 0) is 11.2 Å².